The van der Waals surface area contributed by atoms with Crippen molar-refractivity contribution in [3.8, 4) is 0 Å². The van der Waals surface area contributed by atoms with Gasteiger partial charge in [0.1, 0.15) is 10.8 Å². The summed E-state index contributed by atoms with van der Waals surface area (Å²) in [6.07, 6.45) is -0.0380. The summed E-state index contributed by atoms with van der Waals surface area (Å²) in [5, 5.41) is 9.95. The minimum absolute atomic E-state index is 0.117. The molecule has 0 saturated carbocycles. The maximum atomic E-state index is 12.9. The number of thioether (sulfide) groups is 2. The summed E-state index contributed by atoms with van der Waals surface area (Å²) in [6.45, 7) is 7.85. The van der Waals surface area contributed by atoms with Gasteiger partial charge in [0.2, 0.25) is 21.7 Å². The topological polar surface area (TPSA) is 123 Å². The number of ether oxygens (including phenoxy) is 3. The van der Waals surface area contributed by atoms with E-state index in [1.807, 2.05) is 0 Å². The standard InChI is InChI=1S/C20H30NO8S2Si/c1-6-29-19(3,4)18(25)28-10-27-14(23)13-15(30-12-7-8-32(26)9-12)31-17-20(5,11(2)22)16(24)21(13)17/h11-12,17,22,26H,6-10H2,1-5H3/t11-,12+,17?,20+/m1/s1. The molecule has 0 aliphatic carbocycles. The van der Waals surface area contributed by atoms with Crippen molar-refractivity contribution in [1.82, 2.24) is 4.90 Å². The molecule has 1 amide bonds. The molecule has 0 aromatic rings. The number of nitrogens with zero attached hydrogens (tertiary/aromatic N) is 1. The van der Waals surface area contributed by atoms with E-state index in [9.17, 15) is 24.3 Å². The van der Waals surface area contributed by atoms with Crippen molar-refractivity contribution in [1.29, 1.82) is 0 Å². The van der Waals surface area contributed by atoms with Gasteiger partial charge in [-0.25, -0.2) is 9.59 Å². The van der Waals surface area contributed by atoms with Gasteiger partial charge in [0, 0.05) is 11.9 Å². The molecule has 1 radical (unpaired) electrons. The van der Waals surface area contributed by atoms with Crippen LogP contribution in [0.5, 0.6) is 0 Å². The average molecular weight is 505 g/mol. The van der Waals surface area contributed by atoms with Crippen LogP contribution in [0.25, 0.3) is 0 Å². The smallest absolute Gasteiger partial charge is 0.359 e. The van der Waals surface area contributed by atoms with Crippen LogP contribution in [0.2, 0.25) is 12.1 Å². The monoisotopic (exact) mass is 504 g/mol. The summed E-state index contributed by atoms with van der Waals surface area (Å²) >= 11 is 2.83. The Labute approximate surface area is 197 Å². The normalized spacial score (nSPS) is 29.1. The predicted molar refractivity (Wildman–Crippen MR) is 121 cm³/mol. The molecule has 9 nitrogen and oxygen atoms in total. The van der Waals surface area contributed by atoms with Gasteiger partial charge in [-0.2, -0.15) is 0 Å². The van der Waals surface area contributed by atoms with Crippen molar-refractivity contribution in [3.63, 3.8) is 0 Å². The number of rotatable bonds is 9. The van der Waals surface area contributed by atoms with Crippen molar-refractivity contribution < 1.29 is 38.5 Å². The molecular formula is C20H30NO8S2Si. The van der Waals surface area contributed by atoms with E-state index in [-0.39, 0.29) is 16.9 Å². The first kappa shape index (κ1) is 25.6. The van der Waals surface area contributed by atoms with E-state index in [1.165, 1.54) is 28.4 Å². The number of β-lactam (4-membered cyclic amide) rings is 1. The molecule has 0 aromatic heterocycles. The van der Waals surface area contributed by atoms with Gasteiger partial charge in [-0.1, -0.05) is 11.8 Å². The van der Waals surface area contributed by atoms with E-state index in [1.54, 1.807) is 34.6 Å². The van der Waals surface area contributed by atoms with Crippen molar-refractivity contribution in [3.05, 3.63) is 9.93 Å². The van der Waals surface area contributed by atoms with Crippen molar-refractivity contribution >= 4 is 50.4 Å². The first-order valence-electron chi connectivity index (χ1n) is 10.5. The highest BCUT2D eigenvalue weighted by atomic mass is 32.2. The van der Waals surface area contributed by atoms with Crippen LogP contribution in [-0.2, 0) is 28.6 Å². The van der Waals surface area contributed by atoms with Gasteiger partial charge >= 0.3 is 11.9 Å². The lowest BCUT2D eigenvalue weighted by Gasteiger charge is -2.52. The quantitative estimate of drug-likeness (QED) is 0.208. The number of hydrogen-bond acceptors (Lipinski definition) is 10. The van der Waals surface area contributed by atoms with E-state index in [0.717, 1.165) is 12.5 Å². The van der Waals surface area contributed by atoms with Crippen molar-refractivity contribution in [2.75, 3.05) is 13.4 Å². The molecule has 2 N–H and O–H groups in total. The molecule has 0 spiro atoms. The Balaban J connectivity index is 1.72. The first-order chi connectivity index (χ1) is 14.9. The summed E-state index contributed by atoms with van der Waals surface area (Å²) < 4.78 is 16.2. The Morgan fingerprint density at radius 3 is 2.66 bits per heavy atom. The third kappa shape index (κ3) is 4.62. The lowest BCUT2D eigenvalue weighted by atomic mass is 9.75. The average Bonchev–Trinajstić information content (AvgIpc) is 3.28. The van der Waals surface area contributed by atoms with Crippen LogP contribution >= 0.6 is 23.5 Å². The van der Waals surface area contributed by atoms with Gasteiger partial charge in [-0.15, -0.1) is 11.8 Å². The van der Waals surface area contributed by atoms with Crippen LogP contribution in [0, 0.1) is 5.41 Å². The second-order valence-corrected chi connectivity index (χ2v) is 13.4. The minimum atomic E-state index is -1.34. The fourth-order valence-electron chi connectivity index (χ4n) is 3.82. The van der Waals surface area contributed by atoms with Gasteiger partial charge in [-0.3, -0.25) is 9.69 Å². The van der Waals surface area contributed by atoms with Gasteiger partial charge in [-0.05, 0) is 53.1 Å². The summed E-state index contributed by atoms with van der Waals surface area (Å²) in [7, 11) is -1.34. The highest BCUT2D eigenvalue weighted by Gasteiger charge is 2.66. The molecule has 4 atom stereocenters. The molecule has 1 unspecified atom stereocenters. The number of carbonyl (C=O) groups excluding carboxylic acids is 3. The lowest BCUT2D eigenvalue weighted by molar-refractivity contribution is -0.185. The highest BCUT2D eigenvalue weighted by Crippen LogP contribution is 2.60. The van der Waals surface area contributed by atoms with Crippen LogP contribution in [0.1, 0.15) is 41.0 Å². The SMILES string of the molecule is CCOC(C)(C)C(=O)OCOC(=O)C1=C(S[C@H]2CC[Si](O)C2)SC2N1C(=O)[C@]2(C)[C@@H](C)O. The molecule has 32 heavy (non-hydrogen) atoms. The van der Waals surface area contributed by atoms with E-state index < -0.39 is 50.3 Å². The predicted octanol–water partition coefficient (Wildman–Crippen LogP) is 1.81. The molecule has 2 fully saturated rings. The fraction of sp³-hybridized carbons (Fsp3) is 0.750. The molecule has 0 bridgehead atoms. The van der Waals surface area contributed by atoms with Crippen LogP contribution < -0.4 is 0 Å². The van der Waals surface area contributed by atoms with E-state index in [4.69, 9.17) is 14.2 Å². The zero-order valence-corrected chi connectivity index (χ0v) is 21.5. The lowest BCUT2D eigenvalue weighted by Crippen LogP contribution is -2.68. The van der Waals surface area contributed by atoms with Gasteiger partial charge in [0.25, 0.3) is 0 Å². The summed E-state index contributed by atoms with van der Waals surface area (Å²) in [4.78, 5) is 49.3. The van der Waals surface area contributed by atoms with Crippen LogP contribution in [-0.4, -0.2) is 77.4 Å². The number of amides is 1. The van der Waals surface area contributed by atoms with Crippen molar-refractivity contribution in [2.45, 2.75) is 75.5 Å². The molecule has 0 aromatic carbocycles. The van der Waals surface area contributed by atoms with Gasteiger partial charge in [0.05, 0.1) is 10.3 Å². The number of carbonyl (C=O) groups is 3. The highest BCUT2D eigenvalue weighted by molar-refractivity contribution is 8.23. The largest absolute Gasteiger partial charge is 0.431 e. The first-order valence-corrected chi connectivity index (χ1v) is 14.2. The Kier molecular flexibility index (Phi) is 7.72. The van der Waals surface area contributed by atoms with Crippen LogP contribution in [0.4, 0.5) is 0 Å². The van der Waals surface area contributed by atoms with Crippen molar-refractivity contribution in [2.24, 2.45) is 5.41 Å². The minimum Gasteiger partial charge on any atom is -0.431 e. The molecule has 179 valence electrons. The summed E-state index contributed by atoms with van der Waals surface area (Å²) in [5.41, 5.74) is -2.06. The molecule has 12 heteroatoms. The third-order valence-electron chi connectivity index (χ3n) is 6.01. The van der Waals surface area contributed by atoms with E-state index in [0.29, 0.717) is 16.9 Å². The number of fused-ring (bicyclic) bond motifs is 1. The number of esters is 2. The van der Waals surface area contributed by atoms with Crippen LogP contribution in [0.15, 0.2) is 9.93 Å². The molecular weight excluding hydrogens is 474 g/mol. The molecule has 2 saturated heterocycles. The van der Waals surface area contributed by atoms with E-state index >= 15 is 0 Å². The molecule has 3 rings (SSSR count). The fourth-order valence-corrected chi connectivity index (χ4v) is 9.63. The maximum absolute atomic E-state index is 12.9. The molecule has 3 heterocycles. The molecule has 3 aliphatic rings. The maximum Gasteiger partial charge on any atom is 0.359 e. The number of hydrogen-bond donors (Lipinski definition) is 2. The zero-order chi connectivity index (χ0) is 23.8. The van der Waals surface area contributed by atoms with Crippen LogP contribution in [0.3, 0.4) is 0 Å². The Bertz CT molecular complexity index is 819. The molecule has 3 aliphatic heterocycles. The Hall–Kier alpha value is -1.05. The Morgan fingerprint density at radius 1 is 1.41 bits per heavy atom. The number of aliphatic hydroxyl groups excluding tert-OH is 1. The summed E-state index contributed by atoms with van der Waals surface area (Å²) in [6, 6.07) is 1.50. The van der Waals surface area contributed by atoms with Gasteiger partial charge in [0.15, 0.2) is 11.3 Å². The second-order valence-electron chi connectivity index (χ2n) is 8.71. The Morgan fingerprint density at radius 2 is 2.09 bits per heavy atom. The van der Waals surface area contributed by atoms with Gasteiger partial charge < -0.3 is 24.1 Å². The van der Waals surface area contributed by atoms with E-state index in [2.05, 4.69) is 0 Å². The second kappa shape index (κ2) is 9.67. The number of aliphatic hydroxyl groups is 1. The third-order valence-corrected chi connectivity index (χ3v) is 11.2. The summed E-state index contributed by atoms with van der Waals surface area (Å²) in [5.74, 6) is -1.78. The zero-order valence-electron chi connectivity index (χ0n) is 18.9.